The number of aromatic nitrogens is 2. The lowest BCUT2D eigenvalue weighted by molar-refractivity contribution is -0.143. The van der Waals surface area contributed by atoms with Crippen LogP contribution in [0, 0.1) is 6.92 Å². The first-order chi connectivity index (χ1) is 11.5. The number of hydrogen-bond acceptors (Lipinski definition) is 6. The van der Waals surface area contributed by atoms with E-state index in [0.717, 1.165) is 15.7 Å². The second-order valence-corrected chi connectivity index (χ2v) is 5.83. The van der Waals surface area contributed by atoms with Crippen LogP contribution < -0.4 is 10.5 Å². The molecule has 0 spiro atoms. The monoisotopic (exact) mass is 394 g/mol. The van der Waals surface area contributed by atoms with Crippen LogP contribution in [0.25, 0.3) is 0 Å². The van der Waals surface area contributed by atoms with Crippen LogP contribution in [-0.2, 0) is 9.53 Å². The van der Waals surface area contributed by atoms with Gasteiger partial charge in [-0.1, -0.05) is 15.9 Å². The normalized spacial score (nSPS) is 11.0. The molecular weight excluding hydrogens is 376 g/mol. The van der Waals surface area contributed by atoms with Gasteiger partial charge in [-0.05, 0) is 32.0 Å². The van der Waals surface area contributed by atoms with E-state index < -0.39 is 0 Å². The summed E-state index contributed by atoms with van der Waals surface area (Å²) in [6, 6.07) is 5.52. The molecule has 0 saturated carbocycles. The van der Waals surface area contributed by atoms with E-state index in [1.165, 1.54) is 4.68 Å². The Kier molecular flexibility index (Phi) is 6.36. The molecule has 1 aromatic carbocycles. The van der Waals surface area contributed by atoms with Gasteiger partial charge in [-0.2, -0.15) is 5.10 Å². The van der Waals surface area contributed by atoms with Gasteiger partial charge in [-0.25, -0.2) is 9.66 Å². The first kappa shape index (κ1) is 18.0. The number of imidazole rings is 1. The lowest BCUT2D eigenvalue weighted by Crippen LogP contribution is -2.10. The van der Waals surface area contributed by atoms with Crippen molar-refractivity contribution in [3.8, 4) is 5.75 Å². The summed E-state index contributed by atoms with van der Waals surface area (Å²) < 4.78 is 12.9. The Morgan fingerprint density at radius 2 is 2.29 bits per heavy atom. The highest BCUT2D eigenvalue weighted by Crippen LogP contribution is 2.22. The van der Waals surface area contributed by atoms with Crippen LogP contribution in [0.2, 0.25) is 0 Å². The van der Waals surface area contributed by atoms with E-state index in [2.05, 4.69) is 26.0 Å². The van der Waals surface area contributed by atoms with Crippen LogP contribution >= 0.6 is 15.9 Å². The minimum atomic E-state index is -0.286. The van der Waals surface area contributed by atoms with Crippen LogP contribution in [0.1, 0.15) is 24.6 Å². The molecule has 0 unspecified atom stereocenters. The van der Waals surface area contributed by atoms with Crippen molar-refractivity contribution in [3.05, 3.63) is 40.1 Å². The fraction of sp³-hybridized carbons (Fsp3) is 0.312. The average Bonchev–Trinajstić information content (AvgIpc) is 2.85. The van der Waals surface area contributed by atoms with Crippen LogP contribution in [-0.4, -0.2) is 35.1 Å². The summed E-state index contributed by atoms with van der Waals surface area (Å²) in [5.74, 6) is 0.636. The number of halogens is 1. The van der Waals surface area contributed by atoms with Crippen molar-refractivity contribution in [2.45, 2.75) is 20.3 Å². The van der Waals surface area contributed by atoms with Crippen molar-refractivity contribution in [3.63, 3.8) is 0 Å². The van der Waals surface area contributed by atoms with Gasteiger partial charge in [-0.15, -0.1) is 0 Å². The predicted molar refractivity (Wildman–Crippen MR) is 95.3 cm³/mol. The maximum absolute atomic E-state index is 11.4. The van der Waals surface area contributed by atoms with Gasteiger partial charge in [-0.3, -0.25) is 4.79 Å². The molecule has 0 radical (unpaired) electrons. The van der Waals surface area contributed by atoms with Gasteiger partial charge in [0.05, 0.1) is 37.7 Å². The van der Waals surface area contributed by atoms with E-state index in [-0.39, 0.29) is 19.0 Å². The molecule has 0 atom stereocenters. The SMILES string of the molecule is CCOC(=O)CCOc1ccc(Br)cc1C=Nn1cc(C)nc1N. The number of hydrogen-bond donors (Lipinski definition) is 1. The lowest BCUT2D eigenvalue weighted by Gasteiger charge is -2.09. The Morgan fingerprint density at radius 3 is 2.96 bits per heavy atom. The largest absolute Gasteiger partial charge is 0.492 e. The zero-order chi connectivity index (χ0) is 17.5. The highest BCUT2D eigenvalue weighted by atomic mass is 79.9. The molecule has 7 nitrogen and oxygen atoms in total. The average molecular weight is 395 g/mol. The minimum Gasteiger partial charge on any atom is -0.492 e. The first-order valence-electron chi connectivity index (χ1n) is 7.43. The Bertz CT molecular complexity index is 743. The van der Waals surface area contributed by atoms with E-state index in [9.17, 15) is 4.79 Å². The van der Waals surface area contributed by atoms with E-state index in [1.807, 2.05) is 19.1 Å². The van der Waals surface area contributed by atoms with Crippen molar-refractivity contribution < 1.29 is 14.3 Å². The van der Waals surface area contributed by atoms with Gasteiger partial charge >= 0.3 is 5.97 Å². The molecule has 0 aliphatic heterocycles. The molecule has 0 amide bonds. The van der Waals surface area contributed by atoms with Crippen molar-refractivity contribution in [2.75, 3.05) is 18.9 Å². The number of ether oxygens (including phenoxy) is 2. The molecule has 1 aromatic heterocycles. The van der Waals surface area contributed by atoms with Crippen molar-refractivity contribution in [1.29, 1.82) is 0 Å². The van der Waals surface area contributed by atoms with Gasteiger partial charge in [0.25, 0.3) is 0 Å². The lowest BCUT2D eigenvalue weighted by atomic mass is 10.2. The van der Waals surface area contributed by atoms with Crippen LogP contribution in [0.5, 0.6) is 5.75 Å². The summed E-state index contributed by atoms with van der Waals surface area (Å²) >= 11 is 3.42. The van der Waals surface area contributed by atoms with Gasteiger partial charge in [0.15, 0.2) is 0 Å². The van der Waals surface area contributed by atoms with Crippen LogP contribution in [0.3, 0.4) is 0 Å². The van der Waals surface area contributed by atoms with Crippen molar-refractivity contribution in [1.82, 2.24) is 9.66 Å². The quantitative estimate of drug-likeness (QED) is 0.575. The second kappa shape index (κ2) is 8.49. The molecule has 2 N–H and O–H groups in total. The fourth-order valence-electron chi connectivity index (χ4n) is 1.95. The third-order valence-corrected chi connectivity index (χ3v) is 3.49. The summed E-state index contributed by atoms with van der Waals surface area (Å²) in [5, 5.41) is 4.28. The Balaban J connectivity index is 2.10. The van der Waals surface area contributed by atoms with E-state index in [4.69, 9.17) is 15.2 Å². The summed E-state index contributed by atoms with van der Waals surface area (Å²) in [6.45, 7) is 4.20. The highest BCUT2D eigenvalue weighted by molar-refractivity contribution is 9.10. The molecule has 24 heavy (non-hydrogen) atoms. The van der Waals surface area contributed by atoms with Gasteiger partial charge in [0.2, 0.25) is 5.95 Å². The van der Waals surface area contributed by atoms with E-state index in [1.54, 1.807) is 25.4 Å². The zero-order valence-corrected chi connectivity index (χ0v) is 15.1. The van der Waals surface area contributed by atoms with Crippen LogP contribution in [0.15, 0.2) is 34.0 Å². The van der Waals surface area contributed by atoms with Crippen molar-refractivity contribution >= 4 is 34.1 Å². The number of benzene rings is 1. The maximum atomic E-state index is 11.4. The minimum absolute atomic E-state index is 0.189. The summed E-state index contributed by atoms with van der Waals surface area (Å²) in [4.78, 5) is 15.4. The number of nitrogen functional groups attached to an aromatic ring is 1. The molecule has 0 bridgehead atoms. The number of nitrogens with two attached hydrogens (primary N) is 1. The van der Waals surface area contributed by atoms with Gasteiger partial charge < -0.3 is 15.2 Å². The smallest absolute Gasteiger partial charge is 0.309 e. The molecule has 0 aliphatic rings. The zero-order valence-electron chi connectivity index (χ0n) is 13.5. The number of carbonyl (C=O) groups excluding carboxylic acids is 1. The number of anilines is 1. The topological polar surface area (TPSA) is 91.7 Å². The molecule has 8 heteroatoms. The van der Waals surface area contributed by atoms with Gasteiger partial charge in [0, 0.05) is 10.0 Å². The number of aryl methyl sites for hydroxylation is 1. The molecular formula is C16H19BrN4O3. The maximum Gasteiger partial charge on any atom is 0.309 e. The fourth-order valence-corrected chi connectivity index (χ4v) is 2.33. The molecule has 1 heterocycles. The third-order valence-electron chi connectivity index (χ3n) is 3.00. The molecule has 0 aliphatic carbocycles. The Morgan fingerprint density at radius 1 is 1.50 bits per heavy atom. The summed E-state index contributed by atoms with van der Waals surface area (Å²) in [5.41, 5.74) is 7.29. The third kappa shape index (κ3) is 5.09. The molecule has 2 aromatic rings. The number of carbonyl (C=O) groups is 1. The van der Waals surface area contributed by atoms with E-state index in [0.29, 0.717) is 18.3 Å². The summed E-state index contributed by atoms with van der Waals surface area (Å²) in [7, 11) is 0. The second-order valence-electron chi connectivity index (χ2n) is 4.92. The Labute approximate surface area is 148 Å². The molecule has 2 rings (SSSR count). The Hall–Kier alpha value is -2.35. The van der Waals surface area contributed by atoms with Crippen LogP contribution in [0.4, 0.5) is 5.95 Å². The number of nitrogens with zero attached hydrogens (tertiary/aromatic N) is 3. The molecule has 128 valence electrons. The van der Waals surface area contributed by atoms with E-state index >= 15 is 0 Å². The number of esters is 1. The standard InChI is InChI=1S/C16H19BrN4O3/c1-3-23-15(22)6-7-24-14-5-4-13(17)8-12(14)9-19-21-10-11(2)20-16(21)18/h4-5,8-10H,3,6-7H2,1-2H3,(H2,18,20). The predicted octanol–water partition coefficient (Wildman–Crippen LogP) is 2.75. The highest BCUT2D eigenvalue weighted by Gasteiger charge is 2.07. The number of rotatable bonds is 7. The first-order valence-corrected chi connectivity index (χ1v) is 8.22. The molecule has 0 saturated heterocycles. The summed E-state index contributed by atoms with van der Waals surface area (Å²) in [6.07, 6.45) is 3.54. The van der Waals surface area contributed by atoms with Gasteiger partial charge in [0.1, 0.15) is 5.75 Å². The molecule has 0 fully saturated rings. The van der Waals surface area contributed by atoms with Crippen molar-refractivity contribution in [2.24, 2.45) is 5.10 Å².